The van der Waals surface area contributed by atoms with E-state index in [0.29, 0.717) is 12.5 Å². The Morgan fingerprint density at radius 3 is 2.94 bits per heavy atom. The topological polar surface area (TPSA) is 87.4 Å². The van der Waals surface area contributed by atoms with E-state index < -0.39 is 0 Å². The van der Waals surface area contributed by atoms with E-state index in [4.69, 9.17) is 5.73 Å². The summed E-state index contributed by atoms with van der Waals surface area (Å²) in [5, 5.41) is 7.89. The number of nitrogens with zero attached hydrogens (tertiary/aromatic N) is 6. The maximum atomic E-state index is 5.94. The highest BCUT2D eigenvalue weighted by atomic mass is 15.3. The Morgan fingerprint density at radius 1 is 1.39 bits per heavy atom. The summed E-state index contributed by atoms with van der Waals surface area (Å²) in [7, 11) is 1.89. The third-order valence-electron chi connectivity index (χ3n) is 2.97. The summed E-state index contributed by atoms with van der Waals surface area (Å²) in [6, 6.07) is 1.92. The SMILES string of the molecule is Cc1ccnc2c1nc(N)n2Cc1nncn1C. The van der Waals surface area contributed by atoms with Gasteiger partial charge >= 0.3 is 0 Å². The molecule has 3 aromatic rings. The van der Waals surface area contributed by atoms with Gasteiger partial charge in [-0.05, 0) is 18.6 Å². The normalized spacial score (nSPS) is 11.2. The number of aryl methyl sites for hydroxylation is 2. The molecule has 92 valence electrons. The fourth-order valence-corrected chi connectivity index (χ4v) is 1.90. The summed E-state index contributed by atoms with van der Waals surface area (Å²) < 4.78 is 3.69. The molecular weight excluding hydrogens is 230 g/mol. The van der Waals surface area contributed by atoms with Crippen LogP contribution in [-0.2, 0) is 13.6 Å². The van der Waals surface area contributed by atoms with Crippen LogP contribution in [0.25, 0.3) is 11.2 Å². The van der Waals surface area contributed by atoms with E-state index in [1.54, 1.807) is 12.5 Å². The highest BCUT2D eigenvalue weighted by molar-refractivity contribution is 5.77. The van der Waals surface area contributed by atoms with Crippen LogP contribution in [0.2, 0.25) is 0 Å². The van der Waals surface area contributed by atoms with Crippen molar-refractivity contribution in [3.8, 4) is 0 Å². The molecule has 0 saturated heterocycles. The van der Waals surface area contributed by atoms with E-state index in [2.05, 4.69) is 20.2 Å². The second kappa shape index (κ2) is 3.80. The molecule has 0 aliphatic heterocycles. The molecule has 3 heterocycles. The molecule has 7 nitrogen and oxygen atoms in total. The van der Waals surface area contributed by atoms with E-state index in [1.165, 1.54) is 0 Å². The minimum Gasteiger partial charge on any atom is -0.369 e. The molecule has 0 atom stereocenters. The zero-order valence-electron chi connectivity index (χ0n) is 10.2. The molecule has 3 aromatic heterocycles. The lowest BCUT2D eigenvalue weighted by molar-refractivity contribution is 0.714. The minimum absolute atomic E-state index is 0.440. The van der Waals surface area contributed by atoms with Crippen LogP contribution in [0.4, 0.5) is 5.95 Å². The van der Waals surface area contributed by atoms with Gasteiger partial charge in [0.25, 0.3) is 0 Å². The van der Waals surface area contributed by atoms with Gasteiger partial charge in [-0.1, -0.05) is 0 Å². The lowest BCUT2D eigenvalue weighted by Crippen LogP contribution is -2.09. The summed E-state index contributed by atoms with van der Waals surface area (Å²) in [6.07, 6.45) is 3.41. The number of fused-ring (bicyclic) bond motifs is 1. The maximum Gasteiger partial charge on any atom is 0.202 e. The van der Waals surface area contributed by atoms with Gasteiger partial charge in [0.15, 0.2) is 11.5 Å². The summed E-state index contributed by atoms with van der Waals surface area (Å²) in [5.74, 6) is 1.25. The van der Waals surface area contributed by atoms with Crippen molar-refractivity contribution in [1.29, 1.82) is 0 Å². The molecule has 0 amide bonds. The Kier molecular flexibility index (Phi) is 2.26. The van der Waals surface area contributed by atoms with E-state index in [0.717, 1.165) is 22.6 Å². The second-order valence-corrected chi connectivity index (χ2v) is 4.21. The molecule has 0 aromatic carbocycles. The van der Waals surface area contributed by atoms with Crippen molar-refractivity contribution in [2.24, 2.45) is 7.05 Å². The second-order valence-electron chi connectivity index (χ2n) is 4.21. The van der Waals surface area contributed by atoms with Crippen molar-refractivity contribution in [1.82, 2.24) is 29.3 Å². The fourth-order valence-electron chi connectivity index (χ4n) is 1.90. The van der Waals surface area contributed by atoms with Crippen LogP contribution in [0.1, 0.15) is 11.4 Å². The number of hydrogen-bond donors (Lipinski definition) is 1. The summed E-state index contributed by atoms with van der Waals surface area (Å²) in [5.41, 5.74) is 8.61. The summed E-state index contributed by atoms with van der Waals surface area (Å²) in [6.45, 7) is 2.50. The van der Waals surface area contributed by atoms with Crippen molar-refractivity contribution >= 4 is 17.1 Å². The Hall–Kier alpha value is -2.44. The van der Waals surface area contributed by atoms with Gasteiger partial charge in [0.2, 0.25) is 5.95 Å². The van der Waals surface area contributed by atoms with Crippen molar-refractivity contribution in [2.45, 2.75) is 13.5 Å². The smallest absolute Gasteiger partial charge is 0.202 e. The third kappa shape index (κ3) is 1.52. The average Bonchev–Trinajstić information content (AvgIpc) is 2.87. The van der Waals surface area contributed by atoms with Gasteiger partial charge in [0, 0.05) is 13.2 Å². The van der Waals surface area contributed by atoms with E-state index in [9.17, 15) is 0 Å². The predicted octanol–water partition coefficient (Wildman–Crippen LogP) is 0.499. The number of nitrogen functional groups attached to an aromatic ring is 1. The highest BCUT2D eigenvalue weighted by Crippen LogP contribution is 2.19. The molecule has 7 heteroatoms. The predicted molar refractivity (Wildman–Crippen MR) is 66.8 cm³/mol. The molecular formula is C11H13N7. The summed E-state index contributed by atoms with van der Waals surface area (Å²) in [4.78, 5) is 8.68. The Bertz CT molecular complexity index is 709. The van der Waals surface area contributed by atoms with Crippen molar-refractivity contribution in [3.05, 3.63) is 30.0 Å². The van der Waals surface area contributed by atoms with Gasteiger partial charge in [-0.2, -0.15) is 0 Å². The van der Waals surface area contributed by atoms with Gasteiger partial charge in [-0.15, -0.1) is 10.2 Å². The van der Waals surface area contributed by atoms with Crippen LogP contribution in [-0.4, -0.2) is 29.3 Å². The molecule has 2 N–H and O–H groups in total. The van der Waals surface area contributed by atoms with Crippen molar-refractivity contribution in [3.63, 3.8) is 0 Å². The number of anilines is 1. The number of imidazole rings is 1. The molecule has 0 aliphatic carbocycles. The number of pyridine rings is 1. The Labute approximate surface area is 103 Å². The standard InChI is InChI=1S/C11H13N7/c1-7-3-4-13-10-9(7)15-11(12)18(10)5-8-16-14-6-17(8)2/h3-4,6H,5H2,1-2H3,(H2,12,15). The third-order valence-corrected chi connectivity index (χ3v) is 2.97. The largest absolute Gasteiger partial charge is 0.369 e. The Balaban J connectivity index is 2.15. The number of aromatic nitrogens is 6. The molecule has 18 heavy (non-hydrogen) atoms. The molecule has 0 radical (unpaired) electrons. The first-order chi connectivity index (χ1) is 8.66. The molecule has 0 spiro atoms. The quantitative estimate of drug-likeness (QED) is 0.708. The zero-order valence-corrected chi connectivity index (χ0v) is 10.2. The first-order valence-corrected chi connectivity index (χ1v) is 5.57. The number of nitrogens with two attached hydrogens (primary N) is 1. The molecule has 0 saturated carbocycles. The van der Waals surface area contributed by atoms with E-state index >= 15 is 0 Å². The van der Waals surface area contributed by atoms with Gasteiger partial charge in [0.05, 0.1) is 6.54 Å². The average molecular weight is 243 g/mol. The molecule has 0 bridgehead atoms. The highest BCUT2D eigenvalue weighted by Gasteiger charge is 2.13. The summed E-state index contributed by atoms with van der Waals surface area (Å²) >= 11 is 0. The van der Waals surface area contributed by atoms with Crippen LogP contribution in [0.3, 0.4) is 0 Å². The maximum absolute atomic E-state index is 5.94. The van der Waals surface area contributed by atoms with Gasteiger partial charge in [-0.25, -0.2) is 9.97 Å². The van der Waals surface area contributed by atoms with Crippen LogP contribution in [0, 0.1) is 6.92 Å². The van der Waals surface area contributed by atoms with Gasteiger partial charge in [0.1, 0.15) is 11.8 Å². The van der Waals surface area contributed by atoms with Crippen LogP contribution >= 0.6 is 0 Å². The van der Waals surface area contributed by atoms with Crippen LogP contribution in [0.15, 0.2) is 18.6 Å². The molecule has 0 aliphatic rings. The van der Waals surface area contributed by atoms with Gasteiger partial charge in [-0.3, -0.25) is 4.57 Å². The van der Waals surface area contributed by atoms with Crippen molar-refractivity contribution in [2.75, 3.05) is 5.73 Å². The van der Waals surface area contributed by atoms with Crippen LogP contribution in [0.5, 0.6) is 0 Å². The molecule has 3 rings (SSSR count). The van der Waals surface area contributed by atoms with Crippen molar-refractivity contribution < 1.29 is 0 Å². The van der Waals surface area contributed by atoms with E-state index in [1.807, 2.05) is 29.2 Å². The Morgan fingerprint density at radius 2 is 2.22 bits per heavy atom. The zero-order chi connectivity index (χ0) is 12.7. The number of rotatable bonds is 2. The molecule has 0 fully saturated rings. The van der Waals surface area contributed by atoms with Gasteiger partial charge < -0.3 is 10.3 Å². The number of hydrogen-bond acceptors (Lipinski definition) is 5. The fraction of sp³-hybridized carbons (Fsp3) is 0.273. The lowest BCUT2D eigenvalue weighted by atomic mass is 10.3. The lowest BCUT2D eigenvalue weighted by Gasteiger charge is -2.04. The first kappa shape index (κ1) is 10.7. The molecule has 0 unspecified atom stereocenters. The monoisotopic (exact) mass is 243 g/mol. The van der Waals surface area contributed by atoms with E-state index in [-0.39, 0.29) is 0 Å². The minimum atomic E-state index is 0.440. The first-order valence-electron chi connectivity index (χ1n) is 5.57. The van der Waals surface area contributed by atoms with Crippen LogP contribution < -0.4 is 5.73 Å².